The number of amides is 1. The van der Waals surface area contributed by atoms with Crippen molar-refractivity contribution in [2.75, 3.05) is 25.5 Å². The molecule has 1 aromatic carbocycles. The van der Waals surface area contributed by atoms with Gasteiger partial charge in [0.15, 0.2) is 5.82 Å². The van der Waals surface area contributed by atoms with Crippen LogP contribution in [-0.2, 0) is 22.4 Å². The third kappa shape index (κ3) is 9.02. The first-order chi connectivity index (χ1) is 16.8. The topological polar surface area (TPSA) is 104 Å². The number of aryl methyl sites for hydroxylation is 1. The zero-order chi connectivity index (χ0) is 26.4. The van der Waals surface area contributed by atoms with Crippen LogP contribution in [0.25, 0.3) is 21.9 Å². The number of nitrogens with one attached hydrogen (secondary N) is 1. The lowest BCUT2D eigenvalue weighted by atomic mass is 10.2. The van der Waals surface area contributed by atoms with Gasteiger partial charge in [0.1, 0.15) is 16.9 Å². The predicted molar refractivity (Wildman–Crippen MR) is 146 cm³/mol. The maximum atomic E-state index is 11.7. The normalized spacial score (nSPS) is 10.9. The Kier molecular flexibility index (Phi) is 13.1. The van der Waals surface area contributed by atoms with Crippen LogP contribution in [0.1, 0.15) is 74.1 Å². The molecule has 0 saturated carbocycles. The fourth-order valence-corrected chi connectivity index (χ4v) is 3.47. The van der Waals surface area contributed by atoms with Gasteiger partial charge in [0.25, 0.3) is 0 Å². The fraction of sp³-hybridized carbons (Fsp3) is 0.593. The van der Waals surface area contributed by atoms with E-state index >= 15 is 0 Å². The highest BCUT2D eigenvalue weighted by molar-refractivity contribution is 6.06. The van der Waals surface area contributed by atoms with Crippen molar-refractivity contribution in [1.82, 2.24) is 19.9 Å². The number of anilines is 1. The van der Waals surface area contributed by atoms with E-state index in [-0.39, 0.29) is 0 Å². The minimum absolute atomic E-state index is 0.391. The molecule has 0 radical (unpaired) electrons. The molecule has 3 N–H and O–H groups in total. The molecular weight excluding hydrogens is 442 g/mol. The van der Waals surface area contributed by atoms with Crippen LogP contribution in [0.4, 0.5) is 10.6 Å². The summed E-state index contributed by atoms with van der Waals surface area (Å²) >= 11 is 0. The average Bonchev–Trinajstić information content (AvgIpc) is 3.20. The summed E-state index contributed by atoms with van der Waals surface area (Å²) in [5.41, 5.74) is 8.33. The SMILES string of the molecule is CC.CC.CCCCc1nc2c(N)nc3ccccc3c2n1CCOCCNC(=O)OC(C)(C)C. The second-order valence-corrected chi connectivity index (χ2v) is 8.54. The van der Waals surface area contributed by atoms with Crippen LogP contribution >= 0.6 is 0 Å². The van der Waals surface area contributed by atoms with Gasteiger partial charge in [-0.25, -0.2) is 14.8 Å². The summed E-state index contributed by atoms with van der Waals surface area (Å²) < 4.78 is 13.2. The van der Waals surface area contributed by atoms with Crippen LogP contribution in [0.15, 0.2) is 24.3 Å². The molecule has 0 bridgehead atoms. The van der Waals surface area contributed by atoms with Crippen molar-refractivity contribution in [2.24, 2.45) is 0 Å². The molecule has 1 amide bonds. The lowest BCUT2D eigenvalue weighted by Gasteiger charge is -2.19. The zero-order valence-electron chi connectivity index (χ0n) is 22.9. The molecule has 2 heterocycles. The van der Waals surface area contributed by atoms with E-state index in [0.29, 0.717) is 32.1 Å². The van der Waals surface area contributed by atoms with Crippen LogP contribution in [-0.4, -0.2) is 46.0 Å². The molecule has 0 unspecified atom stereocenters. The molecule has 8 nitrogen and oxygen atoms in total. The lowest BCUT2D eigenvalue weighted by Crippen LogP contribution is -2.34. The Labute approximate surface area is 210 Å². The number of aromatic nitrogens is 3. The van der Waals surface area contributed by atoms with Gasteiger partial charge in [-0.2, -0.15) is 0 Å². The number of ether oxygens (including phenoxy) is 2. The van der Waals surface area contributed by atoms with E-state index in [1.165, 1.54) is 0 Å². The minimum Gasteiger partial charge on any atom is -0.444 e. The van der Waals surface area contributed by atoms with Gasteiger partial charge >= 0.3 is 6.09 Å². The van der Waals surface area contributed by atoms with E-state index in [0.717, 1.165) is 47.0 Å². The minimum atomic E-state index is -0.512. The van der Waals surface area contributed by atoms with Gasteiger partial charge in [0.2, 0.25) is 0 Å². The Balaban J connectivity index is 0.00000145. The van der Waals surface area contributed by atoms with Crippen LogP contribution < -0.4 is 11.1 Å². The number of nitrogens with two attached hydrogens (primary N) is 1. The number of nitrogens with zero attached hydrogens (tertiary/aromatic N) is 3. The van der Waals surface area contributed by atoms with Gasteiger partial charge in [-0.15, -0.1) is 0 Å². The maximum Gasteiger partial charge on any atom is 0.407 e. The first-order valence-corrected chi connectivity index (χ1v) is 12.9. The number of nitrogen functional groups attached to an aromatic ring is 1. The monoisotopic (exact) mass is 487 g/mol. The molecule has 196 valence electrons. The summed E-state index contributed by atoms with van der Waals surface area (Å²) in [5.74, 6) is 1.45. The van der Waals surface area contributed by atoms with E-state index in [4.69, 9.17) is 20.2 Å². The summed E-state index contributed by atoms with van der Waals surface area (Å²) in [6.45, 7) is 17.6. The van der Waals surface area contributed by atoms with Crippen LogP contribution in [0.5, 0.6) is 0 Å². The Bertz CT molecular complexity index is 1040. The molecular formula is C27H45N5O3. The van der Waals surface area contributed by atoms with Gasteiger partial charge in [0, 0.05) is 24.9 Å². The fourth-order valence-electron chi connectivity index (χ4n) is 3.47. The molecule has 0 aliphatic heterocycles. The third-order valence-corrected chi connectivity index (χ3v) is 4.82. The highest BCUT2D eigenvalue weighted by Gasteiger charge is 2.17. The Hall–Kier alpha value is -2.87. The Morgan fingerprint density at radius 2 is 1.77 bits per heavy atom. The standard InChI is InChI=1S/C23H33N5O3.2C2H6/c1-5-6-11-18-27-19-20(16-9-7-8-10-17(16)26-21(19)24)28(18)13-15-30-14-12-25-22(29)31-23(2,3)4;2*1-2/h7-10H,5-6,11-15H2,1-4H3,(H2,24,26)(H,25,29);2*1-2H3. The first-order valence-electron chi connectivity index (χ1n) is 12.9. The molecule has 8 heteroatoms. The van der Waals surface area contributed by atoms with Crippen LogP contribution in [0, 0.1) is 0 Å². The van der Waals surface area contributed by atoms with Gasteiger partial charge in [0.05, 0.1) is 24.2 Å². The molecule has 0 spiro atoms. The summed E-state index contributed by atoms with van der Waals surface area (Å²) in [6.07, 6.45) is 2.58. The second kappa shape index (κ2) is 15.2. The number of fused-ring (bicyclic) bond motifs is 3. The summed E-state index contributed by atoms with van der Waals surface area (Å²) in [5, 5.41) is 3.74. The molecule has 0 saturated heterocycles. The summed E-state index contributed by atoms with van der Waals surface area (Å²) in [6, 6.07) is 7.98. The van der Waals surface area contributed by atoms with Crippen LogP contribution in [0.2, 0.25) is 0 Å². The largest absolute Gasteiger partial charge is 0.444 e. The molecule has 0 atom stereocenters. The van der Waals surface area contributed by atoms with E-state index in [9.17, 15) is 4.79 Å². The van der Waals surface area contributed by atoms with Crippen molar-refractivity contribution in [1.29, 1.82) is 0 Å². The average molecular weight is 488 g/mol. The van der Waals surface area contributed by atoms with Crippen molar-refractivity contribution in [3.8, 4) is 0 Å². The maximum absolute atomic E-state index is 11.7. The number of benzene rings is 1. The first kappa shape index (κ1) is 30.2. The van der Waals surface area contributed by atoms with E-state index in [1.807, 2.05) is 66.7 Å². The quantitative estimate of drug-likeness (QED) is 0.353. The van der Waals surface area contributed by atoms with Gasteiger partial charge in [-0.3, -0.25) is 0 Å². The van der Waals surface area contributed by atoms with E-state index in [2.05, 4.69) is 27.9 Å². The number of carbonyl (C=O) groups is 1. The van der Waals surface area contributed by atoms with Crippen molar-refractivity contribution < 1.29 is 14.3 Å². The number of hydrogen-bond donors (Lipinski definition) is 2. The molecule has 2 aromatic heterocycles. The number of unbranched alkanes of at least 4 members (excludes halogenated alkanes) is 1. The van der Waals surface area contributed by atoms with Crippen molar-refractivity contribution in [3.63, 3.8) is 0 Å². The summed E-state index contributed by atoms with van der Waals surface area (Å²) in [4.78, 5) is 21.0. The predicted octanol–water partition coefficient (Wildman–Crippen LogP) is 6.10. The Morgan fingerprint density at radius 3 is 2.43 bits per heavy atom. The Morgan fingerprint density at radius 1 is 1.09 bits per heavy atom. The van der Waals surface area contributed by atoms with Gasteiger partial charge < -0.3 is 25.1 Å². The second-order valence-electron chi connectivity index (χ2n) is 8.54. The molecule has 3 rings (SSSR count). The number of rotatable bonds is 9. The molecule has 35 heavy (non-hydrogen) atoms. The van der Waals surface area contributed by atoms with Crippen molar-refractivity contribution >= 4 is 33.8 Å². The number of pyridine rings is 1. The molecule has 0 aliphatic carbocycles. The molecule has 0 aliphatic rings. The number of imidazole rings is 1. The third-order valence-electron chi connectivity index (χ3n) is 4.82. The molecule has 3 aromatic rings. The van der Waals surface area contributed by atoms with E-state index < -0.39 is 11.7 Å². The summed E-state index contributed by atoms with van der Waals surface area (Å²) in [7, 11) is 0. The number of alkyl carbamates (subject to hydrolysis) is 1. The lowest BCUT2D eigenvalue weighted by molar-refractivity contribution is 0.0497. The van der Waals surface area contributed by atoms with Gasteiger partial charge in [-0.05, 0) is 33.3 Å². The highest BCUT2D eigenvalue weighted by Crippen LogP contribution is 2.29. The van der Waals surface area contributed by atoms with Crippen molar-refractivity contribution in [3.05, 3.63) is 30.1 Å². The van der Waals surface area contributed by atoms with E-state index in [1.54, 1.807) is 0 Å². The number of hydrogen-bond acceptors (Lipinski definition) is 6. The zero-order valence-corrected chi connectivity index (χ0v) is 22.9. The smallest absolute Gasteiger partial charge is 0.407 e. The van der Waals surface area contributed by atoms with Gasteiger partial charge in [-0.1, -0.05) is 59.2 Å². The number of carbonyl (C=O) groups excluding carboxylic acids is 1. The highest BCUT2D eigenvalue weighted by atomic mass is 16.6. The van der Waals surface area contributed by atoms with Crippen LogP contribution in [0.3, 0.4) is 0 Å². The van der Waals surface area contributed by atoms with Crippen molar-refractivity contribution in [2.45, 2.75) is 86.8 Å². The number of para-hydroxylation sites is 1. The molecule has 0 fully saturated rings.